The van der Waals surface area contributed by atoms with E-state index in [1.165, 1.54) is 12.1 Å². The Labute approximate surface area is 150 Å². The van der Waals surface area contributed by atoms with Crippen LogP contribution in [0.3, 0.4) is 0 Å². The highest BCUT2D eigenvalue weighted by Gasteiger charge is 2.41. The summed E-state index contributed by atoms with van der Waals surface area (Å²) in [6, 6.07) is 6.89. The molecule has 138 valence electrons. The van der Waals surface area contributed by atoms with E-state index < -0.39 is 24.4 Å². The fourth-order valence-electron chi connectivity index (χ4n) is 4.15. The molecule has 2 aliphatic heterocycles. The van der Waals surface area contributed by atoms with E-state index in [-0.39, 0.29) is 6.04 Å². The summed E-state index contributed by atoms with van der Waals surface area (Å²) in [5, 5.41) is 3.20. The standard InChI is InChI=1S/C18H22ClF3N2O/c1-24-14-5-6-15(24)9-13(8-14)23-17(25)16(10-18(20,21)22)11-3-2-4-12(19)7-11/h2-4,7,13-16H,5-6,8-10H2,1H3,(H,23,25)/t13?,14-,15+,16?. The number of carbonyl (C=O) groups excluding carboxylic acids is 1. The van der Waals surface area contributed by atoms with Gasteiger partial charge in [0.15, 0.2) is 0 Å². The first kappa shape index (κ1) is 18.5. The Morgan fingerprint density at radius 2 is 1.96 bits per heavy atom. The Kier molecular flexibility index (Phi) is 5.30. The molecular formula is C18H22ClF3N2O. The Morgan fingerprint density at radius 1 is 1.32 bits per heavy atom. The van der Waals surface area contributed by atoms with Crippen LogP contribution < -0.4 is 5.32 Å². The number of piperidine rings is 1. The molecule has 3 rings (SSSR count). The minimum Gasteiger partial charge on any atom is -0.353 e. The number of alkyl halides is 3. The summed E-state index contributed by atoms with van der Waals surface area (Å²) in [6.07, 6.45) is -1.82. The molecule has 1 aromatic rings. The van der Waals surface area contributed by atoms with Crippen molar-refractivity contribution in [2.75, 3.05) is 7.05 Å². The van der Waals surface area contributed by atoms with Gasteiger partial charge in [0.25, 0.3) is 0 Å². The lowest BCUT2D eigenvalue weighted by atomic mass is 9.92. The van der Waals surface area contributed by atoms with Crippen molar-refractivity contribution in [1.82, 2.24) is 10.2 Å². The normalized spacial score (nSPS) is 28.0. The van der Waals surface area contributed by atoms with Gasteiger partial charge in [0.05, 0.1) is 12.3 Å². The molecule has 0 saturated carbocycles. The molecule has 0 aromatic heterocycles. The molecule has 2 aliphatic rings. The maximum Gasteiger partial charge on any atom is 0.390 e. The SMILES string of the molecule is CN1[C@@H]2CC[C@H]1CC(NC(=O)C(CC(F)(F)F)c1cccc(Cl)c1)C2. The highest BCUT2D eigenvalue weighted by atomic mass is 35.5. The number of benzene rings is 1. The number of nitrogens with zero attached hydrogens (tertiary/aromatic N) is 1. The summed E-state index contributed by atoms with van der Waals surface area (Å²) >= 11 is 5.90. The predicted molar refractivity (Wildman–Crippen MR) is 90.6 cm³/mol. The van der Waals surface area contributed by atoms with Crippen molar-refractivity contribution in [3.05, 3.63) is 34.9 Å². The van der Waals surface area contributed by atoms with Crippen LogP contribution in [0.5, 0.6) is 0 Å². The van der Waals surface area contributed by atoms with Gasteiger partial charge in [0.2, 0.25) is 5.91 Å². The molecule has 3 nitrogen and oxygen atoms in total. The lowest BCUT2D eigenvalue weighted by Gasteiger charge is -2.37. The summed E-state index contributed by atoms with van der Waals surface area (Å²) in [5.74, 6) is -1.83. The van der Waals surface area contributed by atoms with Crippen LogP contribution in [0.4, 0.5) is 13.2 Å². The Hall–Kier alpha value is -1.27. The zero-order chi connectivity index (χ0) is 18.2. The van der Waals surface area contributed by atoms with E-state index in [4.69, 9.17) is 11.6 Å². The third-order valence-electron chi connectivity index (χ3n) is 5.45. The summed E-state index contributed by atoms with van der Waals surface area (Å²) in [4.78, 5) is 15.0. The van der Waals surface area contributed by atoms with Gasteiger partial charge in [-0.2, -0.15) is 13.2 Å². The van der Waals surface area contributed by atoms with E-state index in [2.05, 4.69) is 17.3 Å². The van der Waals surface area contributed by atoms with Crippen LogP contribution in [-0.4, -0.2) is 42.2 Å². The number of hydrogen-bond acceptors (Lipinski definition) is 2. The zero-order valence-electron chi connectivity index (χ0n) is 14.0. The van der Waals surface area contributed by atoms with Crippen LogP contribution in [0.1, 0.15) is 43.6 Å². The third kappa shape index (κ3) is 4.47. The molecule has 0 spiro atoms. The fraction of sp³-hybridized carbons (Fsp3) is 0.611. The number of fused-ring (bicyclic) bond motifs is 2. The first-order valence-corrected chi connectivity index (χ1v) is 8.95. The van der Waals surface area contributed by atoms with Crippen LogP contribution in [-0.2, 0) is 4.79 Å². The van der Waals surface area contributed by atoms with Crippen LogP contribution in [0.25, 0.3) is 0 Å². The van der Waals surface area contributed by atoms with Crippen molar-refractivity contribution in [1.29, 1.82) is 0 Å². The Bertz CT molecular complexity index is 623. The second-order valence-corrected chi connectivity index (χ2v) is 7.59. The Morgan fingerprint density at radius 3 is 2.52 bits per heavy atom. The molecule has 7 heteroatoms. The second kappa shape index (κ2) is 7.16. The van der Waals surface area contributed by atoms with Crippen molar-refractivity contribution >= 4 is 17.5 Å². The topological polar surface area (TPSA) is 32.3 Å². The van der Waals surface area contributed by atoms with Gasteiger partial charge in [-0.15, -0.1) is 0 Å². The van der Waals surface area contributed by atoms with Crippen molar-refractivity contribution in [2.45, 2.75) is 62.3 Å². The molecule has 0 aliphatic carbocycles. The van der Waals surface area contributed by atoms with Gasteiger partial charge >= 0.3 is 6.18 Å². The van der Waals surface area contributed by atoms with Gasteiger partial charge in [0, 0.05) is 23.1 Å². The molecule has 25 heavy (non-hydrogen) atoms. The average Bonchev–Trinajstić information content (AvgIpc) is 2.73. The molecule has 2 heterocycles. The summed E-state index contributed by atoms with van der Waals surface area (Å²) < 4.78 is 39.0. The van der Waals surface area contributed by atoms with Crippen LogP contribution in [0, 0.1) is 0 Å². The number of nitrogens with one attached hydrogen (secondary N) is 1. The van der Waals surface area contributed by atoms with Gasteiger partial charge in [-0.05, 0) is 50.4 Å². The molecule has 2 fully saturated rings. The molecule has 2 unspecified atom stereocenters. The number of carbonyl (C=O) groups is 1. The van der Waals surface area contributed by atoms with Crippen LogP contribution in [0.2, 0.25) is 5.02 Å². The lowest BCUT2D eigenvalue weighted by molar-refractivity contribution is -0.148. The molecule has 4 atom stereocenters. The number of rotatable bonds is 4. The van der Waals surface area contributed by atoms with Gasteiger partial charge < -0.3 is 10.2 Å². The van der Waals surface area contributed by atoms with Gasteiger partial charge in [0.1, 0.15) is 0 Å². The fourth-order valence-corrected chi connectivity index (χ4v) is 4.35. The van der Waals surface area contributed by atoms with E-state index in [1.807, 2.05) is 0 Å². The number of hydrogen-bond donors (Lipinski definition) is 1. The minimum absolute atomic E-state index is 0.0592. The number of amides is 1. The van der Waals surface area contributed by atoms with E-state index in [0.29, 0.717) is 22.7 Å². The lowest BCUT2D eigenvalue weighted by Crippen LogP contribution is -2.49. The van der Waals surface area contributed by atoms with Crippen molar-refractivity contribution in [2.24, 2.45) is 0 Å². The largest absolute Gasteiger partial charge is 0.390 e. The maximum absolute atomic E-state index is 13.0. The van der Waals surface area contributed by atoms with Gasteiger partial charge in [-0.1, -0.05) is 23.7 Å². The first-order chi connectivity index (χ1) is 11.7. The molecule has 2 saturated heterocycles. The smallest absolute Gasteiger partial charge is 0.353 e. The second-order valence-electron chi connectivity index (χ2n) is 7.15. The van der Waals surface area contributed by atoms with Crippen LogP contribution >= 0.6 is 11.6 Å². The molecule has 1 aromatic carbocycles. The molecule has 2 bridgehead atoms. The third-order valence-corrected chi connectivity index (χ3v) is 5.68. The quantitative estimate of drug-likeness (QED) is 0.859. The monoisotopic (exact) mass is 374 g/mol. The molecule has 1 amide bonds. The summed E-state index contributed by atoms with van der Waals surface area (Å²) in [5.41, 5.74) is 0.304. The first-order valence-electron chi connectivity index (χ1n) is 8.57. The summed E-state index contributed by atoms with van der Waals surface area (Å²) in [7, 11) is 2.08. The molecule has 0 radical (unpaired) electrons. The average molecular weight is 375 g/mol. The highest BCUT2D eigenvalue weighted by molar-refractivity contribution is 6.30. The highest BCUT2D eigenvalue weighted by Crippen LogP contribution is 2.36. The van der Waals surface area contributed by atoms with Gasteiger partial charge in [-0.25, -0.2) is 0 Å². The predicted octanol–water partition coefficient (Wildman–Crippen LogP) is 4.12. The van der Waals surface area contributed by atoms with Gasteiger partial charge in [-0.3, -0.25) is 4.79 Å². The number of halogens is 4. The van der Waals surface area contributed by atoms with Crippen molar-refractivity contribution in [3.8, 4) is 0 Å². The molecule has 1 N–H and O–H groups in total. The van der Waals surface area contributed by atoms with Crippen LogP contribution in [0.15, 0.2) is 24.3 Å². The van der Waals surface area contributed by atoms with E-state index in [9.17, 15) is 18.0 Å². The maximum atomic E-state index is 13.0. The summed E-state index contributed by atoms with van der Waals surface area (Å²) in [6.45, 7) is 0. The van der Waals surface area contributed by atoms with Crippen molar-refractivity contribution in [3.63, 3.8) is 0 Å². The molecular weight excluding hydrogens is 353 g/mol. The van der Waals surface area contributed by atoms with Crippen molar-refractivity contribution < 1.29 is 18.0 Å². The van der Waals surface area contributed by atoms with E-state index in [1.54, 1.807) is 12.1 Å². The zero-order valence-corrected chi connectivity index (χ0v) is 14.8. The Balaban J connectivity index is 1.73. The van der Waals surface area contributed by atoms with E-state index in [0.717, 1.165) is 25.7 Å². The minimum atomic E-state index is -4.42. The van der Waals surface area contributed by atoms with E-state index >= 15 is 0 Å².